The van der Waals surface area contributed by atoms with Gasteiger partial charge in [0, 0.05) is 19.5 Å². The Morgan fingerprint density at radius 2 is 1.81 bits per heavy atom. The van der Waals surface area contributed by atoms with Crippen LogP contribution >= 0.6 is 0 Å². The molecule has 0 aliphatic rings. The molecule has 0 bridgehead atoms. The minimum Gasteiger partial charge on any atom is -0.377 e. The number of carbonyl (C=O) groups is 2. The van der Waals surface area contributed by atoms with Gasteiger partial charge in [0.25, 0.3) is 0 Å². The first kappa shape index (κ1) is 14.8. The van der Waals surface area contributed by atoms with Gasteiger partial charge in [-0.15, -0.1) is 0 Å². The van der Waals surface area contributed by atoms with Crippen LogP contribution in [0.3, 0.4) is 0 Å². The number of carbonyl (C=O) groups excluding carboxylic acids is 2. The predicted molar refractivity (Wildman–Crippen MR) is 57.5 cm³/mol. The van der Waals surface area contributed by atoms with Crippen LogP contribution in [0.15, 0.2) is 0 Å². The standard InChI is InChI=1S/C9H19N3O4/c10-2-1-9(14)12-3-4-15-5-6-16-7-8(11)13/h1-7,10H2,(H2,11,13)(H,12,14). The molecule has 0 atom stereocenters. The van der Waals surface area contributed by atoms with Crippen LogP contribution in [0.1, 0.15) is 6.42 Å². The van der Waals surface area contributed by atoms with Crippen LogP contribution in [0.4, 0.5) is 0 Å². The van der Waals surface area contributed by atoms with Crippen molar-refractivity contribution in [1.82, 2.24) is 5.32 Å². The van der Waals surface area contributed by atoms with Crippen molar-refractivity contribution in [2.45, 2.75) is 6.42 Å². The Bertz CT molecular complexity index is 211. The largest absolute Gasteiger partial charge is 0.377 e. The fourth-order valence-corrected chi connectivity index (χ4v) is 0.875. The van der Waals surface area contributed by atoms with E-state index in [1.54, 1.807) is 0 Å². The Labute approximate surface area is 94.4 Å². The van der Waals surface area contributed by atoms with Crippen molar-refractivity contribution in [3.63, 3.8) is 0 Å². The molecule has 0 unspecified atom stereocenters. The smallest absolute Gasteiger partial charge is 0.243 e. The van der Waals surface area contributed by atoms with Gasteiger partial charge >= 0.3 is 0 Å². The average molecular weight is 233 g/mol. The van der Waals surface area contributed by atoms with Crippen molar-refractivity contribution in [3.05, 3.63) is 0 Å². The Hall–Kier alpha value is -1.18. The van der Waals surface area contributed by atoms with E-state index in [1.807, 2.05) is 0 Å². The van der Waals surface area contributed by atoms with Gasteiger partial charge in [0.15, 0.2) is 0 Å². The summed E-state index contributed by atoms with van der Waals surface area (Å²) in [6, 6.07) is 0. The molecule has 0 aromatic carbocycles. The van der Waals surface area contributed by atoms with Crippen LogP contribution in [-0.2, 0) is 19.1 Å². The lowest BCUT2D eigenvalue weighted by atomic mass is 10.4. The van der Waals surface area contributed by atoms with Gasteiger partial charge in [-0.25, -0.2) is 0 Å². The molecule has 0 fully saturated rings. The molecular formula is C9H19N3O4. The second-order valence-electron chi connectivity index (χ2n) is 3.02. The van der Waals surface area contributed by atoms with Gasteiger partial charge in [-0.1, -0.05) is 0 Å². The molecule has 7 heteroatoms. The van der Waals surface area contributed by atoms with E-state index in [1.165, 1.54) is 0 Å². The first-order valence-corrected chi connectivity index (χ1v) is 5.07. The molecule has 5 N–H and O–H groups in total. The second-order valence-corrected chi connectivity index (χ2v) is 3.02. The van der Waals surface area contributed by atoms with Gasteiger partial charge in [-0.05, 0) is 0 Å². The Kier molecular flexibility index (Phi) is 9.58. The van der Waals surface area contributed by atoms with Gasteiger partial charge in [-0.2, -0.15) is 0 Å². The zero-order valence-electron chi connectivity index (χ0n) is 9.24. The van der Waals surface area contributed by atoms with Crippen LogP contribution in [0.25, 0.3) is 0 Å². The number of hydrogen-bond acceptors (Lipinski definition) is 5. The molecule has 7 nitrogen and oxygen atoms in total. The van der Waals surface area contributed by atoms with Crippen LogP contribution in [0, 0.1) is 0 Å². The molecule has 94 valence electrons. The average Bonchev–Trinajstić information content (AvgIpc) is 2.22. The maximum absolute atomic E-state index is 10.9. The predicted octanol–water partition coefficient (Wildman–Crippen LogP) is -2.03. The summed E-state index contributed by atoms with van der Waals surface area (Å²) in [4.78, 5) is 21.2. The van der Waals surface area contributed by atoms with E-state index in [-0.39, 0.29) is 12.5 Å². The Morgan fingerprint density at radius 3 is 2.44 bits per heavy atom. The highest BCUT2D eigenvalue weighted by atomic mass is 16.5. The van der Waals surface area contributed by atoms with E-state index in [0.717, 1.165) is 0 Å². The van der Waals surface area contributed by atoms with Gasteiger partial charge in [0.1, 0.15) is 6.61 Å². The van der Waals surface area contributed by atoms with Crippen molar-refractivity contribution in [1.29, 1.82) is 0 Å². The third-order valence-electron chi connectivity index (χ3n) is 1.56. The fraction of sp³-hybridized carbons (Fsp3) is 0.778. The number of primary amides is 1. The zero-order valence-corrected chi connectivity index (χ0v) is 9.24. The van der Waals surface area contributed by atoms with E-state index in [4.69, 9.17) is 20.9 Å². The number of nitrogens with one attached hydrogen (secondary N) is 1. The monoisotopic (exact) mass is 233 g/mol. The topological polar surface area (TPSA) is 117 Å². The maximum atomic E-state index is 10.9. The van der Waals surface area contributed by atoms with Crippen LogP contribution in [0.2, 0.25) is 0 Å². The molecule has 0 heterocycles. The minimum absolute atomic E-state index is 0.0870. The molecule has 0 aliphatic heterocycles. The molecule has 0 spiro atoms. The van der Waals surface area contributed by atoms with Crippen molar-refractivity contribution in [3.8, 4) is 0 Å². The van der Waals surface area contributed by atoms with Gasteiger partial charge in [-0.3, -0.25) is 9.59 Å². The summed E-state index contributed by atoms with van der Waals surface area (Å²) in [5.41, 5.74) is 10.0. The molecule has 0 aliphatic carbocycles. The second kappa shape index (κ2) is 10.3. The van der Waals surface area contributed by atoms with Gasteiger partial charge in [0.05, 0.1) is 19.8 Å². The summed E-state index contributed by atoms with van der Waals surface area (Å²) in [7, 11) is 0. The first-order valence-electron chi connectivity index (χ1n) is 5.07. The quantitative estimate of drug-likeness (QED) is 0.376. The van der Waals surface area contributed by atoms with Crippen molar-refractivity contribution in [2.24, 2.45) is 11.5 Å². The summed E-state index contributed by atoms with van der Waals surface area (Å²) in [5, 5.41) is 2.63. The van der Waals surface area contributed by atoms with Crippen LogP contribution in [0.5, 0.6) is 0 Å². The molecule has 2 amide bonds. The molecule has 0 radical (unpaired) electrons. The van der Waals surface area contributed by atoms with Crippen molar-refractivity contribution in [2.75, 3.05) is 39.5 Å². The zero-order chi connectivity index (χ0) is 12.2. The van der Waals surface area contributed by atoms with E-state index in [9.17, 15) is 9.59 Å². The highest BCUT2D eigenvalue weighted by Gasteiger charge is 1.98. The molecule has 0 saturated carbocycles. The molecule has 16 heavy (non-hydrogen) atoms. The molecular weight excluding hydrogens is 214 g/mol. The summed E-state index contributed by atoms with van der Waals surface area (Å²) < 4.78 is 9.98. The lowest BCUT2D eigenvalue weighted by Gasteiger charge is -2.06. The third kappa shape index (κ3) is 10.9. The van der Waals surface area contributed by atoms with Gasteiger partial charge in [0.2, 0.25) is 11.8 Å². The molecule has 0 aromatic rings. The summed E-state index contributed by atoms with van der Waals surface area (Å²) in [6.07, 6.45) is 0.321. The number of hydrogen-bond donors (Lipinski definition) is 3. The minimum atomic E-state index is -0.506. The molecule has 0 saturated heterocycles. The van der Waals surface area contributed by atoms with E-state index >= 15 is 0 Å². The SMILES string of the molecule is NCCC(=O)NCCOCCOCC(N)=O. The van der Waals surface area contributed by atoms with Crippen LogP contribution in [-0.4, -0.2) is 51.3 Å². The first-order chi connectivity index (χ1) is 7.66. The summed E-state index contributed by atoms with van der Waals surface area (Å²) in [5.74, 6) is -0.592. The van der Waals surface area contributed by atoms with E-state index in [2.05, 4.69) is 5.32 Å². The van der Waals surface area contributed by atoms with Crippen molar-refractivity contribution >= 4 is 11.8 Å². The highest BCUT2D eigenvalue weighted by Crippen LogP contribution is 1.79. The van der Waals surface area contributed by atoms with Crippen LogP contribution < -0.4 is 16.8 Å². The normalized spacial score (nSPS) is 10.1. The van der Waals surface area contributed by atoms with E-state index in [0.29, 0.717) is 39.3 Å². The molecule has 0 rings (SSSR count). The van der Waals surface area contributed by atoms with Gasteiger partial charge < -0.3 is 26.3 Å². The Balaban J connectivity index is 3.09. The number of amides is 2. The Morgan fingerprint density at radius 1 is 1.12 bits per heavy atom. The number of ether oxygens (including phenoxy) is 2. The lowest BCUT2D eigenvalue weighted by Crippen LogP contribution is -2.29. The maximum Gasteiger partial charge on any atom is 0.243 e. The fourth-order valence-electron chi connectivity index (χ4n) is 0.875. The highest BCUT2D eigenvalue weighted by molar-refractivity contribution is 5.76. The van der Waals surface area contributed by atoms with E-state index < -0.39 is 5.91 Å². The van der Waals surface area contributed by atoms with Crippen molar-refractivity contribution < 1.29 is 19.1 Å². The number of nitrogens with two attached hydrogens (primary N) is 2. The summed E-state index contributed by atoms with van der Waals surface area (Å²) >= 11 is 0. The molecule has 0 aromatic heterocycles. The lowest BCUT2D eigenvalue weighted by molar-refractivity contribution is -0.123. The number of rotatable bonds is 10. The third-order valence-corrected chi connectivity index (χ3v) is 1.56. The summed E-state index contributed by atoms with van der Waals surface area (Å²) in [6.45, 7) is 1.74.